The Morgan fingerprint density at radius 3 is 2.40 bits per heavy atom. The van der Waals surface area contributed by atoms with Crippen molar-refractivity contribution in [3.8, 4) is 5.69 Å². The van der Waals surface area contributed by atoms with Gasteiger partial charge in [-0.25, -0.2) is 0 Å². The van der Waals surface area contributed by atoms with E-state index in [9.17, 15) is 9.90 Å². The largest absolute Gasteiger partial charge is 0.391 e. The van der Waals surface area contributed by atoms with Gasteiger partial charge in [-0.3, -0.25) is 9.36 Å². The van der Waals surface area contributed by atoms with Gasteiger partial charge in [0.25, 0.3) is 5.91 Å². The molecule has 1 saturated heterocycles. The molecule has 6 nitrogen and oxygen atoms in total. The van der Waals surface area contributed by atoms with Crippen molar-refractivity contribution in [1.29, 1.82) is 0 Å². The Morgan fingerprint density at radius 2 is 1.72 bits per heavy atom. The van der Waals surface area contributed by atoms with Crippen LogP contribution in [0.1, 0.15) is 48.9 Å². The SMILES string of the molecule is O=C(c1ccc(-n2cnnc2)cc1)N1C[C@H](O)C[C@H]1C1CCCCC1. The summed E-state index contributed by atoms with van der Waals surface area (Å²) >= 11 is 0. The molecule has 2 aromatic rings. The Labute approximate surface area is 147 Å². The molecule has 0 bridgehead atoms. The van der Waals surface area contributed by atoms with E-state index < -0.39 is 6.10 Å². The predicted octanol–water partition coefficient (Wildman–Crippen LogP) is 2.42. The second-order valence-electron chi connectivity index (χ2n) is 7.23. The molecule has 2 fully saturated rings. The van der Waals surface area contributed by atoms with Crippen molar-refractivity contribution in [1.82, 2.24) is 19.7 Å². The molecule has 0 radical (unpaired) electrons. The maximum atomic E-state index is 13.0. The first kappa shape index (κ1) is 16.3. The van der Waals surface area contributed by atoms with E-state index in [1.165, 1.54) is 32.1 Å². The molecule has 1 aliphatic carbocycles. The van der Waals surface area contributed by atoms with E-state index in [0.717, 1.165) is 12.1 Å². The lowest BCUT2D eigenvalue weighted by molar-refractivity contribution is 0.0650. The molecule has 1 amide bonds. The molecule has 0 spiro atoms. The van der Waals surface area contributed by atoms with E-state index in [0.29, 0.717) is 18.0 Å². The van der Waals surface area contributed by atoms with Gasteiger partial charge in [-0.15, -0.1) is 10.2 Å². The van der Waals surface area contributed by atoms with Crippen LogP contribution in [0.5, 0.6) is 0 Å². The molecule has 1 saturated carbocycles. The van der Waals surface area contributed by atoms with Crippen molar-refractivity contribution in [2.75, 3.05) is 6.54 Å². The van der Waals surface area contributed by atoms with E-state index in [-0.39, 0.29) is 11.9 Å². The molecule has 6 heteroatoms. The van der Waals surface area contributed by atoms with E-state index in [4.69, 9.17) is 0 Å². The summed E-state index contributed by atoms with van der Waals surface area (Å²) in [5.41, 5.74) is 1.60. The van der Waals surface area contributed by atoms with Gasteiger partial charge in [0.05, 0.1) is 6.10 Å². The molecule has 4 rings (SSSR count). The van der Waals surface area contributed by atoms with E-state index >= 15 is 0 Å². The zero-order valence-corrected chi connectivity index (χ0v) is 14.3. The third-order valence-electron chi connectivity index (χ3n) is 5.61. The summed E-state index contributed by atoms with van der Waals surface area (Å²) in [7, 11) is 0. The Hall–Kier alpha value is -2.21. The molecular weight excluding hydrogens is 316 g/mol. The normalized spacial score (nSPS) is 24.6. The van der Waals surface area contributed by atoms with Crippen molar-refractivity contribution in [3.63, 3.8) is 0 Å². The number of hydrogen-bond acceptors (Lipinski definition) is 4. The van der Waals surface area contributed by atoms with Gasteiger partial charge in [0.15, 0.2) is 0 Å². The molecule has 2 aliphatic rings. The predicted molar refractivity (Wildman–Crippen MR) is 93.4 cm³/mol. The molecule has 25 heavy (non-hydrogen) atoms. The minimum absolute atomic E-state index is 0.0300. The number of aromatic nitrogens is 3. The summed E-state index contributed by atoms with van der Waals surface area (Å²) in [5.74, 6) is 0.563. The topological polar surface area (TPSA) is 71.2 Å². The highest BCUT2D eigenvalue weighted by molar-refractivity contribution is 5.94. The number of carbonyl (C=O) groups excluding carboxylic acids is 1. The maximum absolute atomic E-state index is 13.0. The molecule has 0 unspecified atom stereocenters. The van der Waals surface area contributed by atoms with Gasteiger partial charge in [0.1, 0.15) is 12.7 Å². The number of carbonyl (C=O) groups is 1. The van der Waals surface area contributed by atoms with Crippen LogP contribution < -0.4 is 0 Å². The van der Waals surface area contributed by atoms with Gasteiger partial charge in [0, 0.05) is 23.8 Å². The summed E-state index contributed by atoms with van der Waals surface area (Å²) in [5, 5.41) is 17.8. The number of likely N-dealkylation sites (tertiary alicyclic amines) is 1. The van der Waals surface area contributed by atoms with Crippen molar-refractivity contribution >= 4 is 5.91 Å². The first-order chi connectivity index (χ1) is 12.2. The summed E-state index contributed by atoms with van der Waals surface area (Å²) in [6, 6.07) is 7.68. The van der Waals surface area contributed by atoms with E-state index in [1.807, 2.05) is 29.2 Å². The van der Waals surface area contributed by atoms with Crippen LogP contribution in [0.4, 0.5) is 0 Å². The molecule has 132 valence electrons. The van der Waals surface area contributed by atoms with Crippen LogP contribution in [0, 0.1) is 5.92 Å². The monoisotopic (exact) mass is 340 g/mol. The lowest BCUT2D eigenvalue weighted by Gasteiger charge is -2.33. The third kappa shape index (κ3) is 3.31. The van der Waals surface area contributed by atoms with Crippen LogP contribution in [0.3, 0.4) is 0 Å². The second kappa shape index (κ2) is 6.96. The van der Waals surface area contributed by atoms with E-state index in [1.54, 1.807) is 17.2 Å². The fourth-order valence-corrected chi connectivity index (χ4v) is 4.32. The molecule has 1 aromatic heterocycles. The summed E-state index contributed by atoms with van der Waals surface area (Å²) in [6.45, 7) is 0.452. The average molecular weight is 340 g/mol. The number of nitrogens with zero attached hydrogens (tertiary/aromatic N) is 4. The first-order valence-corrected chi connectivity index (χ1v) is 9.16. The summed E-state index contributed by atoms with van der Waals surface area (Å²) < 4.78 is 1.80. The lowest BCUT2D eigenvalue weighted by atomic mass is 9.82. The van der Waals surface area contributed by atoms with Gasteiger partial charge >= 0.3 is 0 Å². The Balaban J connectivity index is 1.52. The van der Waals surface area contributed by atoms with E-state index in [2.05, 4.69) is 10.2 Å². The lowest BCUT2D eigenvalue weighted by Crippen LogP contribution is -2.41. The average Bonchev–Trinajstić information content (AvgIpc) is 3.32. The fourth-order valence-electron chi connectivity index (χ4n) is 4.32. The molecule has 1 aromatic carbocycles. The third-order valence-corrected chi connectivity index (χ3v) is 5.61. The number of benzene rings is 1. The van der Waals surface area contributed by atoms with Gasteiger partial charge in [-0.2, -0.15) is 0 Å². The van der Waals surface area contributed by atoms with Crippen molar-refractivity contribution < 1.29 is 9.90 Å². The molecule has 1 N–H and O–H groups in total. The van der Waals surface area contributed by atoms with Crippen LogP contribution in [0.25, 0.3) is 5.69 Å². The minimum Gasteiger partial charge on any atom is -0.391 e. The molecule has 2 heterocycles. The van der Waals surface area contributed by atoms with Crippen molar-refractivity contribution in [2.24, 2.45) is 5.92 Å². The fraction of sp³-hybridized carbons (Fsp3) is 0.526. The highest BCUT2D eigenvalue weighted by Crippen LogP contribution is 2.35. The Kier molecular flexibility index (Phi) is 4.53. The second-order valence-corrected chi connectivity index (χ2v) is 7.23. The highest BCUT2D eigenvalue weighted by atomic mass is 16.3. The summed E-state index contributed by atoms with van der Waals surface area (Å²) in [6.07, 6.45) is 9.72. The van der Waals surface area contributed by atoms with Crippen molar-refractivity contribution in [3.05, 3.63) is 42.5 Å². The van der Waals surface area contributed by atoms with Crippen LogP contribution in [0.15, 0.2) is 36.9 Å². The molecule has 2 atom stereocenters. The maximum Gasteiger partial charge on any atom is 0.254 e. The minimum atomic E-state index is -0.396. The van der Waals surface area contributed by atoms with Crippen LogP contribution in [0.2, 0.25) is 0 Å². The molecule has 1 aliphatic heterocycles. The van der Waals surface area contributed by atoms with Gasteiger partial charge in [-0.1, -0.05) is 19.3 Å². The number of aliphatic hydroxyl groups is 1. The van der Waals surface area contributed by atoms with Crippen LogP contribution >= 0.6 is 0 Å². The highest BCUT2D eigenvalue weighted by Gasteiger charge is 2.39. The Bertz CT molecular complexity index is 708. The van der Waals surface area contributed by atoms with Gasteiger partial charge in [-0.05, 0) is 49.4 Å². The Morgan fingerprint density at radius 1 is 1.04 bits per heavy atom. The first-order valence-electron chi connectivity index (χ1n) is 9.16. The number of β-amino-alcohol motifs (C(OH)–C–C–N with tert-alkyl or cyclic N) is 1. The summed E-state index contributed by atoms with van der Waals surface area (Å²) in [4.78, 5) is 14.9. The van der Waals surface area contributed by atoms with Crippen LogP contribution in [-0.2, 0) is 0 Å². The van der Waals surface area contributed by atoms with Crippen molar-refractivity contribution in [2.45, 2.75) is 50.7 Å². The molecular formula is C19H24N4O2. The zero-order chi connectivity index (χ0) is 17.2. The number of hydrogen-bond donors (Lipinski definition) is 1. The zero-order valence-electron chi connectivity index (χ0n) is 14.3. The van der Waals surface area contributed by atoms with Gasteiger partial charge < -0.3 is 10.0 Å². The van der Waals surface area contributed by atoms with Gasteiger partial charge in [0.2, 0.25) is 0 Å². The standard InChI is InChI=1S/C19H24N4O2/c24-17-10-18(14-4-2-1-3-5-14)23(11-17)19(25)15-6-8-16(9-7-15)22-12-20-21-13-22/h6-9,12-14,17-18,24H,1-5,10-11H2/t17-,18+/m1/s1. The number of aliphatic hydroxyl groups excluding tert-OH is 1. The number of rotatable bonds is 3. The quantitative estimate of drug-likeness (QED) is 0.931. The smallest absolute Gasteiger partial charge is 0.254 e. The van der Waals surface area contributed by atoms with Crippen LogP contribution in [-0.4, -0.2) is 49.4 Å². The number of amides is 1.